The molecular weight excluding hydrogens is 359 g/mol. The summed E-state index contributed by atoms with van der Waals surface area (Å²) in [7, 11) is 0. The number of aromatic nitrogens is 4. The number of rotatable bonds is 5. The van der Waals surface area contributed by atoms with Gasteiger partial charge in [-0.3, -0.25) is 14.8 Å². The van der Waals surface area contributed by atoms with Crippen LogP contribution < -0.4 is 0 Å². The fraction of sp³-hybridized carbons (Fsp3) is 0.450. The molecule has 1 saturated heterocycles. The Kier molecular flexibility index (Phi) is 4.35. The summed E-state index contributed by atoms with van der Waals surface area (Å²) in [6.45, 7) is 4.76. The van der Waals surface area contributed by atoms with Crippen molar-refractivity contribution in [2.75, 3.05) is 32.7 Å². The molecule has 3 heterocycles. The lowest BCUT2D eigenvalue weighted by molar-refractivity contribution is 0.0628. The third-order valence-corrected chi connectivity index (χ3v) is 5.73. The summed E-state index contributed by atoms with van der Waals surface area (Å²) in [6, 6.07) is 6.61. The fourth-order valence-corrected chi connectivity index (χ4v) is 3.85. The Morgan fingerprint density at radius 1 is 1.14 bits per heavy atom. The van der Waals surface area contributed by atoms with Crippen LogP contribution in [0.25, 0.3) is 11.0 Å². The highest BCUT2D eigenvalue weighted by Gasteiger charge is 2.28. The zero-order chi connectivity index (χ0) is 19.1. The van der Waals surface area contributed by atoms with Gasteiger partial charge in [-0.05, 0) is 31.0 Å². The highest BCUT2D eigenvalue weighted by molar-refractivity contribution is 5.92. The first kappa shape index (κ1) is 17.4. The molecule has 1 aliphatic carbocycles. The summed E-state index contributed by atoms with van der Waals surface area (Å²) in [4.78, 5) is 21.2. The molecule has 0 unspecified atom stereocenters. The fourth-order valence-electron chi connectivity index (χ4n) is 3.85. The predicted molar refractivity (Wildman–Crippen MR) is 103 cm³/mol. The van der Waals surface area contributed by atoms with Crippen LogP contribution in [0, 0.1) is 5.82 Å². The largest absolute Gasteiger partial charge is 0.335 e. The second kappa shape index (κ2) is 7.01. The van der Waals surface area contributed by atoms with E-state index in [1.807, 2.05) is 11.0 Å². The number of H-pyrrole nitrogens is 1. The summed E-state index contributed by atoms with van der Waals surface area (Å²) in [5, 5.41) is 7.22. The molecule has 1 aromatic carbocycles. The number of nitrogens with one attached hydrogen (secondary N) is 1. The predicted octanol–water partition coefficient (Wildman–Crippen LogP) is 2.23. The maximum atomic E-state index is 13.3. The van der Waals surface area contributed by atoms with E-state index in [-0.39, 0.29) is 11.7 Å². The van der Waals surface area contributed by atoms with Crippen molar-refractivity contribution < 1.29 is 9.18 Å². The lowest BCUT2D eigenvalue weighted by Gasteiger charge is -2.34. The van der Waals surface area contributed by atoms with Gasteiger partial charge >= 0.3 is 0 Å². The molecule has 146 valence electrons. The normalized spacial score (nSPS) is 18.1. The van der Waals surface area contributed by atoms with Crippen molar-refractivity contribution in [2.24, 2.45) is 0 Å². The van der Waals surface area contributed by atoms with Gasteiger partial charge in [-0.25, -0.2) is 9.37 Å². The molecule has 2 aliphatic rings. The molecule has 2 aromatic heterocycles. The summed E-state index contributed by atoms with van der Waals surface area (Å²) < 4.78 is 15.3. The third-order valence-electron chi connectivity index (χ3n) is 5.73. The average Bonchev–Trinajstić information content (AvgIpc) is 3.31. The monoisotopic (exact) mass is 382 g/mol. The molecule has 3 aromatic rings. The second-order valence-corrected chi connectivity index (χ2v) is 7.69. The van der Waals surface area contributed by atoms with Gasteiger partial charge in [0.1, 0.15) is 11.5 Å². The minimum Gasteiger partial charge on any atom is -0.335 e. The van der Waals surface area contributed by atoms with E-state index >= 15 is 0 Å². The van der Waals surface area contributed by atoms with Crippen molar-refractivity contribution in [1.82, 2.24) is 29.5 Å². The molecular formula is C20H23FN6O. The first-order valence-electron chi connectivity index (χ1n) is 9.85. The van der Waals surface area contributed by atoms with Crippen molar-refractivity contribution in [3.63, 3.8) is 0 Å². The Morgan fingerprint density at radius 3 is 2.75 bits per heavy atom. The van der Waals surface area contributed by atoms with Crippen LogP contribution in [0.5, 0.6) is 0 Å². The zero-order valence-electron chi connectivity index (χ0n) is 15.6. The van der Waals surface area contributed by atoms with Crippen LogP contribution in [0.15, 0.2) is 30.6 Å². The maximum absolute atomic E-state index is 13.3. The number of aromatic amines is 1. The number of amides is 1. The van der Waals surface area contributed by atoms with E-state index in [1.54, 1.807) is 12.4 Å². The van der Waals surface area contributed by atoms with E-state index in [2.05, 4.69) is 24.6 Å². The van der Waals surface area contributed by atoms with Crippen LogP contribution in [0.1, 0.15) is 34.9 Å². The van der Waals surface area contributed by atoms with E-state index < -0.39 is 0 Å². The lowest BCUT2D eigenvalue weighted by Crippen LogP contribution is -2.49. The van der Waals surface area contributed by atoms with Gasteiger partial charge in [-0.2, -0.15) is 5.10 Å². The summed E-state index contributed by atoms with van der Waals surface area (Å²) in [6.07, 6.45) is 4.14. The van der Waals surface area contributed by atoms with E-state index in [1.165, 1.54) is 25.0 Å². The molecule has 1 amide bonds. The SMILES string of the molecule is O=C(c1cc(C2CC2)[nH]n1)N1CCN(CCn2cnc3cc(F)ccc32)CC1. The van der Waals surface area contributed by atoms with Crippen LogP contribution in [-0.4, -0.2) is 68.2 Å². The number of piperazine rings is 1. The number of carbonyl (C=O) groups excluding carboxylic acids is 1. The standard InChI is InChI=1S/C20H23FN6O/c21-15-3-4-19-17(11-15)22-13-27(19)10-7-25-5-8-26(9-6-25)20(28)18-12-16(23-24-18)14-1-2-14/h3-4,11-14H,1-2,5-10H2,(H,23,24). The van der Waals surface area contributed by atoms with Gasteiger partial charge in [0.05, 0.1) is 17.4 Å². The van der Waals surface area contributed by atoms with Gasteiger partial charge < -0.3 is 9.47 Å². The Bertz CT molecular complexity index is 999. The molecule has 0 bridgehead atoms. The number of halogens is 1. The van der Waals surface area contributed by atoms with Gasteiger partial charge in [0.15, 0.2) is 0 Å². The topological polar surface area (TPSA) is 70.1 Å². The number of imidazole rings is 1. The molecule has 7 nitrogen and oxygen atoms in total. The van der Waals surface area contributed by atoms with Crippen molar-refractivity contribution in [3.8, 4) is 0 Å². The van der Waals surface area contributed by atoms with Gasteiger partial charge in [0.2, 0.25) is 0 Å². The summed E-state index contributed by atoms with van der Waals surface area (Å²) >= 11 is 0. The number of benzene rings is 1. The quantitative estimate of drug-likeness (QED) is 0.735. The third kappa shape index (κ3) is 3.40. The molecule has 1 aliphatic heterocycles. The van der Waals surface area contributed by atoms with Crippen LogP contribution in [0.4, 0.5) is 4.39 Å². The van der Waals surface area contributed by atoms with E-state index in [4.69, 9.17) is 0 Å². The Balaban J connectivity index is 1.15. The maximum Gasteiger partial charge on any atom is 0.274 e. The van der Waals surface area contributed by atoms with Gasteiger partial charge in [-0.15, -0.1) is 0 Å². The molecule has 1 saturated carbocycles. The highest BCUT2D eigenvalue weighted by atomic mass is 19.1. The lowest BCUT2D eigenvalue weighted by atomic mass is 10.2. The first-order valence-corrected chi connectivity index (χ1v) is 9.85. The summed E-state index contributed by atoms with van der Waals surface area (Å²) in [5.41, 5.74) is 3.25. The van der Waals surface area contributed by atoms with E-state index in [0.717, 1.165) is 37.4 Å². The number of nitrogens with zero attached hydrogens (tertiary/aromatic N) is 5. The molecule has 0 atom stereocenters. The van der Waals surface area contributed by atoms with Gasteiger partial charge in [0, 0.05) is 56.9 Å². The van der Waals surface area contributed by atoms with Crippen LogP contribution >= 0.6 is 0 Å². The van der Waals surface area contributed by atoms with Crippen LogP contribution in [-0.2, 0) is 6.54 Å². The second-order valence-electron chi connectivity index (χ2n) is 7.69. The van der Waals surface area contributed by atoms with Gasteiger partial charge in [0.25, 0.3) is 5.91 Å². The molecule has 5 rings (SSSR count). The molecule has 0 spiro atoms. The number of fused-ring (bicyclic) bond motifs is 1. The molecule has 2 fully saturated rings. The van der Waals surface area contributed by atoms with Gasteiger partial charge in [-0.1, -0.05) is 0 Å². The molecule has 8 heteroatoms. The van der Waals surface area contributed by atoms with Crippen molar-refractivity contribution >= 4 is 16.9 Å². The number of hydrogen-bond donors (Lipinski definition) is 1. The molecule has 0 radical (unpaired) electrons. The van der Waals surface area contributed by atoms with Crippen LogP contribution in [0.2, 0.25) is 0 Å². The number of carbonyl (C=O) groups is 1. The zero-order valence-corrected chi connectivity index (χ0v) is 15.6. The first-order chi connectivity index (χ1) is 13.7. The van der Waals surface area contributed by atoms with E-state index in [9.17, 15) is 9.18 Å². The molecule has 28 heavy (non-hydrogen) atoms. The highest BCUT2D eigenvalue weighted by Crippen LogP contribution is 2.39. The Hall–Kier alpha value is -2.74. The van der Waals surface area contributed by atoms with Crippen LogP contribution in [0.3, 0.4) is 0 Å². The van der Waals surface area contributed by atoms with Crippen molar-refractivity contribution in [2.45, 2.75) is 25.3 Å². The number of hydrogen-bond acceptors (Lipinski definition) is 4. The van der Waals surface area contributed by atoms with E-state index in [0.29, 0.717) is 30.2 Å². The smallest absolute Gasteiger partial charge is 0.274 e. The minimum absolute atomic E-state index is 0.0189. The molecule has 1 N–H and O–H groups in total. The summed E-state index contributed by atoms with van der Waals surface area (Å²) in [5.74, 6) is 0.326. The van der Waals surface area contributed by atoms with Crippen molar-refractivity contribution in [1.29, 1.82) is 0 Å². The van der Waals surface area contributed by atoms with Crippen molar-refractivity contribution in [3.05, 3.63) is 47.8 Å². The Labute approximate surface area is 162 Å². The Morgan fingerprint density at radius 2 is 1.96 bits per heavy atom. The minimum atomic E-state index is -0.264. The average molecular weight is 382 g/mol.